The van der Waals surface area contributed by atoms with Gasteiger partial charge in [-0.1, -0.05) is 32.9 Å². The van der Waals surface area contributed by atoms with Gasteiger partial charge in [0.15, 0.2) is 5.78 Å². The fourth-order valence-corrected chi connectivity index (χ4v) is 9.57. The van der Waals surface area contributed by atoms with Gasteiger partial charge in [0.05, 0.1) is 12.2 Å². The second kappa shape index (κ2) is 12.0. The Morgan fingerprint density at radius 3 is 2.33 bits per heavy atom. The Hall–Kier alpha value is -4.04. The molecule has 4 aliphatic carbocycles. The number of fused-ring (bicyclic) bond motifs is 6. The van der Waals surface area contributed by atoms with Crippen molar-refractivity contribution >= 4 is 28.8 Å². The van der Waals surface area contributed by atoms with Gasteiger partial charge in [-0.05, 0) is 56.0 Å². The van der Waals surface area contributed by atoms with Crippen LogP contribution in [0.2, 0.25) is 0 Å². The minimum Gasteiger partial charge on any atom is -0.507 e. The summed E-state index contributed by atoms with van der Waals surface area (Å²) < 4.78 is 11.6. The van der Waals surface area contributed by atoms with Gasteiger partial charge in [-0.2, -0.15) is 0 Å². The molecular weight excluding hydrogens is 660 g/mol. The number of aliphatic hydroxyl groups is 4. The zero-order chi connectivity index (χ0) is 37.7. The number of ketones is 1. The predicted molar refractivity (Wildman–Crippen MR) is 185 cm³/mol. The van der Waals surface area contributed by atoms with Crippen molar-refractivity contribution in [3.8, 4) is 5.75 Å². The molecule has 13 nitrogen and oxygen atoms in total. The molecule has 2 fully saturated rings. The van der Waals surface area contributed by atoms with E-state index in [0.717, 1.165) is 0 Å². The molecule has 2 amide bonds. The summed E-state index contributed by atoms with van der Waals surface area (Å²) in [4.78, 5) is 55.5. The van der Waals surface area contributed by atoms with E-state index < -0.39 is 82.0 Å². The molecule has 6 rings (SSSR count). The van der Waals surface area contributed by atoms with Crippen molar-refractivity contribution in [1.82, 2.24) is 9.80 Å². The van der Waals surface area contributed by atoms with Gasteiger partial charge in [-0.25, -0.2) is 9.59 Å². The van der Waals surface area contributed by atoms with E-state index in [4.69, 9.17) is 9.15 Å². The highest BCUT2D eigenvalue weighted by Gasteiger charge is 2.86. The van der Waals surface area contributed by atoms with E-state index in [1.165, 1.54) is 30.0 Å². The summed E-state index contributed by atoms with van der Waals surface area (Å²) in [5.74, 6) is -4.46. The van der Waals surface area contributed by atoms with Crippen molar-refractivity contribution in [3.05, 3.63) is 62.5 Å². The molecule has 13 heteroatoms. The number of rotatable bonds is 7. The van der Waals surface area contributed by atoms with Crippen molar-refractivity contribution in [2.45, 2.75) is 77.3 Å². The van der Waals surface area contributed by atoms with E-state index in [-0.39, 0.29) is 36.4 Å². The Labute approximate surface area is 295 Å². The van der Waals surface area contributed by atoms with E-state index in [1.807, 2.05) is 13.8 Å². The molecule has 0 saturated heterocycles. The number of amides is 2. The predicted octanol–water partition coefficient (Wildman–Crippen LogP) is 2.60. The number of aromatic hydroxyl groups is 1. The Balaban J connectivity index is 1.17. The van der Waals surface area contributed by atoms with Crippen molar-refractivity contribution < 1.29 is 49.1 Å². The van der Waals surface area contributed by atoms with Gasteiger partial charge in [0.25, 0.3) is 5.91 Å². The van der Waals surface area contributed by atoms with E-state index in [0.29, 0.717) is 34.1 Å². The summed E-state index contributed by atoms with van der Waals surface area (Å²) in [5, 5.41) is 57.1. The number of Topliss-reactive ketones (excluding diaryl/α,β-unsaturated/α-hetero) is 1. The Kier molecular flexibility index (Phi) is 8.65. The van der Waals surface area contributed by atoms with E-state index >= 15 is 0 Å². The third kappa shape index (κ3) is 5.02. The number of hydrogen-bond acceptors (Lipinski definition) is 11. The van der Waals surface area contributed by atoms with Crippen molar-refractivity contribution in [2.24, 2.45) is 29.1 Å². The fraction of sp³-hybridized carbons (Fsp3) is 0.579. The first kappa shape index (κ1) is 36.7. The third-order valence-electron chi connectivity index (χ3n) is 12.5. The first-order chi connectivity index (χ1) is 23.7. The zero-order valence-corrected chi connectivity index (χ0v) is 30.3. The average Bonchev–Trinajstić information content (AvgIpc) is 3.51. The molecule has 51 heavy (non-hydrogen) atoms. The van der Waals surface area contributed by atoms with Gasteiger partial charge in [-0.15, -0.1) is 0 Å². The number of carbonyl (C=O) groups is 3. The van der Waals surface area contributed by atoms with Gasteiger partial charge in [0.2, 0.25) is 0 Å². The number of phenolic OH excluding ortho intramolecular Hbond substituents is 1. The van der Waals surface area contributed by atoms with Crippen LogP contribution in [0.1, 0.15) is 62.0 Å². The highest BCUT2D eigenvalue weighted by molar-refractivity contribution is 6.05. The topological polar surface area (TPSA) is 198 Å². The largest absolute Gasteiger partial charge is 0.507 e. The number of aliphatic hydroxyl groups excluding tert-OH is 2. The standard InChI is InChI=1S/C38H48N2O11/c1-18-12-23-15-24(33(46)50-28(23)20(3)27(18)42)32(45)39(7)10-9-11-40(8)34(47)51-38-29(35(38,5)6)25-14-22(17-41)16-36(48)26(13-19(2)30(36)43)37(25,49)21(4)31(38)44/h12-15,21,25-26,29,31,41-42,44,48-49H,9-11,16-17H2,1-8H3/t21-,25+,26-,29-,31-,36-,37-,38-/m1/s1. The first-order valence-corrected chi connectivity index (χ1v) is 17.3. The Bertz CT molecular complexity index is 1960. The van der Waals surface area contributed by atoms with Gasteiger partial charge in [0.1, 0.15) is 34.2 Å². The van der Waals surface area contributed by atoms with Crippen molar-refractivity contribution in [1.29, 1.82) is 0 Å². The minimum atomic E-state index is -1.99. The highest BCUT2D eigenvalue weighted by atomic mass is 16.6. The molecule has 0 bridgehead atoms. The summed E-state index contributed by atoms with van der Waals surface area (Å²) in [6.07, 6.45) is 1.33. The lowest BCUT2D eigenvalue weighted by Crippen LogP contribution is -2.65. The molecule has 276 valence electrons. The van der Waals surface area contributed by atoms with E-state index in [2.05, 4.69) is 0 Å². The summed E-state index contributed by atoms with van der Waals surface area (Å²) in [7, 11) is 3.07. The maximum absolute atomic E-state index is 13.6. The summed E-state index contributed by atoms with van der Waals surface area (Å²) in [6.45, 7) is 10.1. The molecule has 2 saturated carbocycles. The fourth-order valence-electron chi connectivity index (χ4n) is 9.57. The number of phenols is 1. The van der Waals surface area contributed by atoms with Crippen LogP contribution in [-0.2, 0) is 9.53 Å². The van der Waals surface area contributed by atoms with Crippen LogP contribution in [0.5, 0.6) is 5.75 Å². The minimum absolute atomic E-state index is 0.0167. The third-order valence-corrected chi connectivity index (χ3v) is 12.5. The van der Waals surface area contributed by atoms with Gasteiger partial charge < -0.3 is 44.5 Å². The Morgan fingerprint density at radius 2 is 1.69 bits per heavy atom. The van der Waals surface area contributed by atoms with E-state index in [9.17, 15) is 44.7 Å². The monoisotopic (exact) mass is 708 g/mol. The Morgan fingerprint density at radius 1 is 1.04 bits per heavy atom. The second-order valence-corrected chi connectivity index (χ2v) is 15.8. The molecule has 1 heterocycles. The van der Waals surface area contributed by atoms with Crippen molar-refractivity contribution in [3.63, 3.8) is 0 Å². The first-order valence-electron chi connectivity index (χ1n) is 17.3. The molecule has 0 spiro atoms. The number of ether oxygens (including phenoxy) is 1. The number of hydrogen-bond donors (Lipinski definition) is 5. The number of benzene rings is 1. The van der Waals surface area contributed by atoms with Crippen LogP contribution >= 0.6 is 0 Å². The lowest BCUT2D eigenvalue weighted by molar-refractivity contribution is -0.210. The molecule has 0 aliphatic heterocycles. The van der Waals surface area contributed by atoms with Crippen LogP contribution in [0.3, 0.4) is 0 Å². The molecule has 1 aromatic heterocycles. The number of carbonyl (C=O) groups excluding carboxylic acids is 3. The lowest BCUT2D eigenvalue weighted by Gasteiger charge is -2.52. The normalized spacial score (nSPS) is 33.3. The van der Waals surface area contributed by atoms with Gasteiger partial charge >= 0.3 is 11.7 Å². The van der Waals surface area contributed by atoms with E-state index in [1.54, 1.807) is 45.9 Å². The molecule has 4 aliphatic rings. The maximum Gasteiger partial charge on any atom is 0.410 e. The van der Waals surface area contributed by atoms with Crippen LogP contribution in [0.25, 0.3) is 11.0 Å². The lowest BCUT2D eigenvalue weighted by atomic mass is 9.59. The number of aryl methyl sites for hydroxylation is 2. The summed E-state index contributed by atoms with van der Waals surface area (Å²) >= 11 is 0. The van der Waals surface area contributed by atoms with Gasteiger partial charge in [0, 0.05) is 73.6 Å². The summed E-state index contributed by atoms with van der Waals surface area (Å²) in [6, 6.07) is 3.09. The number of nitrogens with zero attached hydrogens (tertiary/aromatic N) is 2. The summed E-state index contributed by atoms with van der Waals surface area (Å²) in [5.41, 5.74) is -5.15. The van der Waals surface area contributed by atoms with Gasteiger partial charge in [-0.3, -0.25) is 9.59 Å². The quantitative estimate of drug-likeness (QED) is 0.209. The van der Waals surface area contributed by atoms with Crippen LogP contribution in [0.15, 0.2) is 44.6 Å². The smallest absolute Gasteiger partial charge is 0.410 e. The molecule has 5 N–H and O–H groups in total. The van der Waals surface area contributed by atoms with Crippen LogP contribution in [0.4, 0.5) is 4.79 Å². The van der Waals surface area contributed by atoms with Crippen LogP contribution in [0, 0.1) is 42.9 Å². The highest BCUT2D eigenvalue weighted by Crippen LogP contribution is 2.76. The molecule has 8 atom stereocenters. The molecular formula is C38H48N2O11. The second-order valence-electron chi connectivity index (χ2n) is 15.8. The molecule has 0 radical (unpaired) electrons. The van der Waals surface area contributed by atoms with Crippen molar-refractivity contribution in [2.75, 3.05) is 33.8 Å². The molecule has 1 aromatic carbocycles. The van der Waals surface area contributed by atoms with Crippen LogP contribution < -0.4 is 5.63 Å². The SMILES string of the molecule is CC1=C[C@H]2[C@@]3(O)[C@H](C)[C@@H](O)[C@]4(OC(=O)N(C)CCCN(C)C(=O)c5cc6cc(C)c(O)c(C)c6oc5=O)[C@H]([C@@H]3C=C(CO)C[C@]2(O)C1=O)C4(C)C. The maximum atomic E-state index is 13.6. The van der Waals surface area contributed by atoms with Crippen LogP contribution in [-0.4, -0.2) is 110 Å². The molecule has 2 aromatic rings. The zero-order valence-electron chi connectivity index (χ0n) is 30.3. The molecule has 0 unspecified atom stereocenters. The average molecular weight is 709 g/mol.